The molecule has 1 amide bonds. The van der Waals surface area contributed by atoms with Crippen LogP contribution in [0.15, 0.2) is 41.0 Å². The summed E-state index contributed by atoms with van der Waals surface area (Å²) in [5, 5.41) is 10.1. The van der Waals surface area contributed by atoms with E-state index in [4.69, 9.17) is 4.42 Å². The van der Waals surface area contributed by atoms with Gasteiger partial charge < -0.3 is 9.73 Å². The first-order valence-corrected chi connectivity index (χ1v) is 9.70. The molecule has 0 aliphatic carbocycles. The normalized spacial score (nSPS) is 16.0. The van der Waals surface area contributed by atoms with E-state index >= 15 is 0 Å². The summed E-state index contributed by atoms with van der Waals surface area (Å²) < 4.78 is 5.60. The van der Waals surface area contributed by atoms with E-state index in [-0.39, 0.29) is 11.9 Å². The van der Waals surface area contributed by atoms with E-state index in [0.29, 0.717) is 12.2 Å². The molecule has 1 saturated heterocycles. The molecule has 0 bridgehead atoms. The van der Waals surface area contributed by atoms with Gasteiger partial charge in [0.2, 0.25) is 0 Å². The summed E-state index contributed by atoms with van der Waals surface area (Å²) in [6, 6.07) is 9.83. The molecule has 26 heavy (non-hydrogen) atoms. The molecule has 4 rings (SSSR count). The van der Waals surface area contributed by atoms with Crippen LogP contribution in [0.1, 0.15) is 40.0 Å². The van der Waals surface area contributed by atoms with Gasteiger partial charge in [0.15, 0.2) is 5.69 Å². The zero-order valence-electron chi connectivity index (χ0n) is 14.7. The third-order valence-electron chi connectivity index (χ3n) is 4.73. The number of aryl methyl sites for hydroxylation is 1. The second kappa shape index (κ2) is 7.47. The van der Waals surface area contributed by atoms with Gasteiger partial charge in [-0.15, -0.1) is 11.3 Å². The zero-order chi connectivity index (χ0) is 17.9. The van der Waals surface area contributed by atoms with Gasteiger partial charge in [-0.3, -0.25) is 14.8 Å². The van der Waals surface area contributed by atoms with Gasteiger partial charge in [-0.25, -0.2) is 0 Å². The molecule has 0 aromatic carbocycles. The predicted molar refractivity (Wildman–Crippen MR) is 101 cm³/mol. The summed E-state index contributed by atoms with van der Waals surface area (Å²) in [6.07, 6.45) is 4.06. The van der Waals surface area contributed by atoms with Gasteiger partial charge in [-0.2, -0.15) is 5.10 Å². The van der Waals surface area contributed by atoms with Gasteiger partial charge in [-0.05, 0) is 63.2 Å². The van der Waals surface area contributed by atoms with Crippen LogP contribution in [-0.2, 0) is 0 Å². The summed E-state index contributed by atoms with van der Waals surface area (Å²) in [6.45, 7) is 4.63. The minimum atomic E-state index is -0.170. The molecule has 1 aliphatic heterocycles. The monoisotopic (exact) mass is 370 g/mol. The van der Waals surface area contributed by atoms with Gasteiger partial charge in [0, 0.05) is 11.4 Å². The lowest BCUT2D eigenvalue weighted by molar-refractivity contribution is 0.0928. The van der Waals surface area contributed by atoms with E-state index < -0.39 is 0 Å². The Bertz CT molecular complexity index is 862. The smallest absolute Gasteiger partial charge is 0.271 e. The Kier molecular flexibility index (Phi) is 4.90. The first-order valence-electron chi connectivity index (χ1n) is 8.88. The van der Waals surface area contributed by atoms with Crippen molar-refractivity contribution < 1.29 is 9.21 Å². The Balaban J connectivity index is 1.43. The van der Waals surface area contributed by atoms with E-state index in [9.17, 15) is 4.79 Å². The lowest BCUT2D eigenvalue weighted by Gasteiger charge is -2.25. The molecule has 2 N–H and O–H groups in total. The first-order chi connectivity index (χ1) is 12.7. The van der Waals surface area contributed by atoms with Crippen LogP contribution in [0.5, 0.6) is 0 Å². The quantitative estimate of drug-likeness (QED) is 0.695. The Morgan fingerprint density at radius 3 is 2.92 bits per heavy atom. The minimum Gasteiger partial charge on any atom is -0.468 e. The number of hydrogen-bond donors (Lipinski definition) is 2. The molecule has 0 saturated carbocycles. The molecule has 0 radical (unpaired) electrons. The average Bonchev–Trinajstić information content (AvgIpc) is 3.42. The highest BCUT2D eigenvalue weighted by Gasteiger charge is 2.26. The standard InChI is InChI=1S/C19H22N4O2S/c1-13-6-7-18(26-13)14-11-15(22-21-14)19(24)20-12-16(17-5-4-10-25-17)23-8-2-3-9-23/h4-7,10-11,16H,2-3,8-9,12H2,1H3,(H,20,24)(H,21,22). The number of nitrogens with zero attached hydrogens (tertiary/aromatic N) is 2. The van der Waals surface area contributed by atoms with E-state index in [1.165, 1.54) is 17.7 Å². The number of likely N-dealkylation sites (tertiary alicyclic amines) is 1. The fourth-order valence-electron chi connectivity index (χ4n) is 3.37. The van der Waals surface area contributed by atoms with Crippen molar-refractivity contribution in [3.63, 3.8) is 0 Å². The van der Waals surface area contributed by atoms with Crippen molar-refractivity contribution in [1.82, 2.24) is 20.4 Å². The minimum absolute atomic E-state index is 0.0646. The number of amides is 1. The first kappa shape index (κ1) is 17.1. The van der Waals surface area contributed by atoms with Crippen LogP contribution in [0.2, 0.25) is 0 Å². The Labute approximate surface area is 156 Å². The lowest BCUT2D eigenvalue weighted by Crippen LogP contribution is -2.36. The highest BCUT2D eigenvalue weighted by Crippen LogP contribution is 2.27. The summed E-state index contributed by atoms with van der Waals surface area (Å²) in [5.41, 5.74) is 1.28. The van der Waals surface area contributed by atoms with Crippen molar-refractivity contribution in [3.8, 4) is 10.6 Å². The van der Waals surface area contributed by atoms with Crippen LogP contribution in [0.25, 0.3) is 10.6 Å². The lowest BCUT2D eigenvalue weighted by atomic mass is 10.2. The van der Waals surface area contributed by atoms with Crippen LogP contribution in [-0.4, -0.2) is 40.6 Å². The molecule has 6 nitrogen and oxygen atoms in total. The number of H-pyrrole nitrogens is 1. The number of aromatic amines is 1. The van der Waals surface area contributed by atoms with E-state index in [2.05, 4.69) is 33.4 Å². The van der Waals surface area contributed by atoms with E-state index in [0.717, 1.165) is 29.4 Å². The number of furan rings is 1. The van der Waals surface area contributed by atoms with E-state index in [1.807, 2.05) is 18.2 Å². The maximum absolute atomic E-state index is 12.5. The van der Waals surface area contributed by atoms with Crippen molar-refractivity contribution in [2.75, 3.05) is 19.6 Å². The Morgan fingerprint density at radius 2 is 2.23 bits per heavy atom. The van der Waals surface area contributed by atoms with Gasteiger partial charge in [-0.1, -0.05) is 0 Å². The van der Waals surface area contributed by atoms with Crippen LogP contribution in [0.4, 0.5) is 0 Å². The largest absolute Gasteiger partial charge is 0.468 e. The fourth-order valence-corrected chi connectivity index (χ4v) is 4.20. The molecule has 3 aromatic rings. The van der Waals surface area contributed by atoms with Crippen LogP contribution < -0.4 is 5.32 Å². The van der Waals surface area contributed by atoms with Crippen LogP contribution in [0.3, 0.4) is 0 Å². The number of carbonyl (C=O) groups excluding carboxylic acids is 1. The van der Waals surface area contributed by atoms with Gasteiger partial charge >= 0.3 is 0 Å². The molecule has 1 fully saturated rings. The second-order valence-corrected chi connectivity index (χ2v) is 7.85. The third-order valence-corrected chi connectivity index (χ3v) is 5.76. The van der Waals surface area contributed by atoms with Gasteiger partial charge in [0.25, 0.3) is 5.91 Å². The molecule has 7 heteroatoms. The van der Waals surface area contributed by atoms with Gasteiger partial charge in [0.1, 0.15) is 5.76 Å². The predicted octanol–water partition coefficient (Wildman–Crippen LogP) is 3.61. The number of carbonyl (C=O) groups is 1. The fraction of sp³-hybridized carbons (Fsp3) is 0.368. The number of thiophene rings is 1. The number of aromatic nitrogens is 2. The van der Waals surface area contributed by atoms with Crippen molar-refractivity contribution in [3.05, 3.63) is 52.9 Å². The molecule has 136 valence electrons. The molecule has 1 unspecified atom stereocenters. The number of nitrogens with one attached hydrogen (secondary N) is 2. The molecule has 1 aliphatic rings. The van der Waals surface area contributed by atoms with Crippen molar-refractivity contribution >= 4 is 17.2 Å². The summed E-state index contributed by atoms with van der Waals surface area (Å²) in [7, 11) is 0. The maximum atomic E-state index is 12.5. The summed E-state index contributed by atoms with van der Waals surface area (Å²) in [5.74, 6) is 0.723. The molecule has 3 aromatic heterocycles. The van der Waals surface area contributed by atoms with Gasteiger partial charge in [0.05, 0.1) is 22.9 Å². The highest BCUT2D eigenvalue weighted by atomic mass is 32.1. The average molecular weight is 370 g/mol. The Hall–Kier alpha value is -2.38. The topological polar surface area (TPSA) is 74.2 Å². The summed E-state index contributed by atoms with van der Waals surface area (Å²) >= 11 is 1.68. The highest BCUT2D eigenvalue weighted by molar-refractivity contribution is 7.15. The summed E-state index contributed by atoms with van der Waals surface area (Å²) in [4.78, 5) is 17.2. The number of hydrogen-bond acceptors (Lipinski definition) is 5. The second-order valence-electron chi connectivity index (χ2n) is 6.56. The molecule has 0 spiro atoms. The van der Waals surface area contributed by atoms with Crippen LogP contribution >= 0.6 is 11.3 Å². The van der Waals surface area contributed by atoms with Crippen molar-refractivity contribution in [2.24, 2.45) is 0 Å². The third kappa shape index (κ3) is 3.59. The molecular weight excluding hydrogens is 348 g/mol. The maximum Gasteiger partial charge on any atom is 0.271 e. The molecule has 1 atom stereocenters. The van der Waals surface area contributed by atoms with Crippen LogP contribution in [0, 0.1) is 6.92 Å². The number of rotatable bonds is 6. The Morgan fingerprint density at radius 1 is 1.38 bits per heavy atom. The molecule has 4 heterocycles. The molecular formula is C19H22N4O2S. The zero-order valence-corrected chi connectivity index (χ0v) is 15.5. The van der Waals surface area contributed by atoms with Crippen molar-refractivity contribution in [2.45, 2.75) is 25.8 Å². The SMILES string of the molecule is Cc1ccc(-c2cc(C(=O)NCC(c3ccco3)N3CCCC3)n[nH]2)s1. The van der Waals surface area contributed by atoms with E-state index in [1.54, 1.807) is 23.7 Å². The van der Waals surface area contributed by atoms with Crippen molar-refractivity contribution in [1.29, 1.82) is 0 Å².